The Morgan fingerprint density at radius 1 is 1.26 bits per heavy atom. The summed E-state index contributed by atoms with van der Waals surface area (Å²) >= 11 is 0. The SMILES string of the molecule is CC1CCN(Cc2ccc3ccccc3n2)C1CN. The summed E-state index contributed by atoms with van der Waals surface area (Å²) in [5, 5.41) is 1.21. The number of nitrogens with two attached hydrogens (primary N) is 1. The second-order valence-electron chi connectivity index (χ2n) is 5.53. The molecule has 0 bridgehead atoms. The van der Waals surface area contributed by atoms with Gasteiger partial charge in [0, 0.05) is 24.5 Å². The van der Waals surface area contributed by atoms with Crippen LogP contribution in [-0.4, -0.2) is 29.0 Å². The van der Waals surface area contributed by atoms with Crippen molar-refractivity contribution in [2.45, 2.75) is 25.9 Å². The number of hydrogen-bond donors (Lipinski definition) is 1. The first-order chi connectivity index (χ1) is 9.28. The van der Waals surface area contributed by atoms with Gasteiger partial charge in [0.15, 0.2) is 0 Å². The quantitative estimate of drug-likeness (QED) is 0.915. The highest BCUT2D eigenvalue weighted by molar-refractivity contribution is 5.78. The molecule has 100 valence electrons. The first kappa shape index (κ1) is 12.6. The molecule has 1 aromatic heterocycles. The fraction of sp³-hybridized carbons (Fsp3) is 0.438. The van der Waals surface area contributed by atoms with Crippen LogP contribution in [0.3, 0.4) is 0 Å². The van der Waals surface area contributed by atoms with E-state index in [1.54, 1.807) is 0 Å². The minimum atomic E-state index is 0.508. The number of fused-ring (bicyclic) bond motifs is 1. The zero-order valence-corrected chi connectivity index (χ0v) is 11.4. The molecular formula is C16H21N3. The van der Waals surface area contributed by atoms with Gasteiger partial charge in [0.1, 0.15) is 0 Å². The summed E-state index contributed by atoms with van der Waals surface area (Å²) in [4.78, 5) is 7.22. The van der Waals surface area contributed by atoms with E-state index in [9.17, 15) is 0 Å². The van der Waals surface area contributed by atoms with Gasteiger partial charge >= 0.3 is 0 Å². The lowest BCUT2D eigenvalue weighted by atomic mass is 10.0. The lowest BCUT2D eigenvalue weighted by Gasteiger charge is -2.25. The number of para-hydroxylation sites is 1. The summed E-state index contributed by atoms with van der Waals surface area (Å²) in [7, 11) is 0. The molecule has 2 aromatic rings. The lowest BCUT2D eigenvalue weighted by molar-refractivity contribution is 0.226. The molecule has 1 aromatic carbocycles. The fourth-order valence-electron chi connectivity index (χ4n) is 3.07. The number of nitrogens with zero attached hydrogens (tertiary/aromatic N) is 2. The average molecular weight is 255 g/mol. The molecule has 0 saturated carbocycles. The Morgan fingerprint density at radius 2 is 2.11 bits per heavy atom. The molecule has 2 heterocycles. The van der Waals surface area contributed by atoms with Crippen LogP contribution in [-0.2, 0) is 6.54 Å². The van der Waals surface area contributed by atoms with Crippen molar-refractivity contribution in [2.24, 2.45) is 11.7 Å². The predicted molar refractivity (Wildman–Crippen MR) is 78.8 cm³/mol. The van der Waals surface area contributed by atoms with E-state index in [-0.39, 0.29) is 0 Å². The van der Waals surface area contributed by atoms with Gasteiger partial charge in [-0.2, -0.15) is 0 Å². The van der Waals surface area contributed by atoms with Gasteiger partial charge in [-0.25, -0.2) is 0 Å². The van der Waals surface area contributed by atoms with Crippen LogP contribution in [0.2, 0.25) is 0 Å². The Kier molecular flexibility index (Phi) is 3.49. The third-order valence-electron chi connectivity index (χ3n) is 4.26. The third kappa shape index (κ3) is 2.48. The van der Waals surface area contributed by atoms with Crippen molar-refractivity contribution in [3.8, 4) is 0 Å². The number of pyridine rings is 1. The zero-order valence-electron chi connectivity index (χ0n) is 11.4. The van der Waals surface area contributed by atoms with Crippen LogP contribution in [0.15, 0.2) is 36.4 Å². The molecule has 0 amide bonds. The van der Waals surface area contributed by atoms with Gasteiger partial charge in [0.25, 0.3) is 0 Å². The number of aromatic nitrogens is 1. The van der Waals surface area contributed by atoms with E-state index >= 15 is 0 Å². The van der Waals surface area contributed by atoms with Gasteiger partial charge in [-0.3, -0.25) is 9.88 Å². The van der Waals surface area contributed by atoms with E-state index in [0.717, 1.165) is 30.8 Å². The summed E-state index contributed by atoms with van der Waals surface area (Å²) in [6.45, 7) is 5.09. The van der Waals surface area contributed by atoms with Crippen LogP contribution in [0.25, 0.3) is 10.9 Å². The largest absolute Gasteiger partial charge is 0.329 e. The van der Waals surface area contributed by atoms with E-state index in [0.29, 0.717) is 12.0 Å². The molecule has 1 aliphatic rings. The standard InChI is InChI=1S/C16H21N3/c1-12-8-9-19(16(12)10-17)11-14-7-6-13-4-2-3-5-15(13)18-14/h2-7,12,16H,8-11,17H2,1H3. The summed E-state index contributed by atoms with van der Waals surface area (Å²) < 4.78 is 0. The summed E-state index contributed by atoms with van der Waals surface area (Å²) in [5.74, 6) is 0.699. The van der Waals surface area contributed by atoms with E-state index in [1.807, 2.05) is 6.07 Å². The Balaban J connectivity index is 1.81. The highest BCUT2D eigenvalue weighted by atomic mass is 15.2. The molecule has 3 nitrogen and oxygen atoms in total. The van der Waals surface area contributed by atoms with Crippen molar-refractivity contribution in [1.29, 1.82) is 0 Å². The molecule has 0 radical (unpaired) electrons. The number of benzene rings is 1. The third-order valence-corrected chi connectivity index (χ3v) is 4.26. The number of rotatable bonds is 3. The second kappa shape index (κ2) is 5.27. The van der Waals surface area contributed by atoms with Gasteiger partial charge in [-0.1, -0.05) is 31.2 Å². The molecule has 2 atom stereocenters. The van der Waals surface area contributed by atoms with Crippen molar-refractivity contribution in [2.75, 3.05) is 13.1 Å². The minimum Gasteiger partial charge on any atom is -0.329 e. The Labute approximate surface area is 114 Å². The van der Waals surface area contributed by atoms with Gasteiger partial charge in [0.2, 0.25) is 0 Å². The smallest absolute Gasteiger partial charge is 0.0705 e. The summed E-state index contributed by atoms with van der Waals surface area (Å²) in [6.07, 6.45) is 1.25. The van der Waals surface area contributed by atoms with Crippen LogP contribution >= 0.6 is 0 Å². The van der Waals surface area contributed by atoms with Gasteiger partial charge < -0.3 is 5.73 Å². The van der Waals surface area contributed by atoms with Crippen LogP contribution < -0.4 is 5.73 Å². The maximum Gasteiger partial charge on any atom is 0.0705 e. The first-order valence-corrected chi connectivity index (χ1v) is 7.06. The Morgan fingerprint density at radius 3 is 2.95 bits per heavy atom. The van der Waals surface area contributed by atoms with E-state index in [1.165, 1.54) is 11.8 Å². The van der Waals surface area contributed by atoms with Crippen LogP contribution in [0.5, 0.6) is 0 Å². The maximum absolute atomic E-state index is 5.90. The van der Waals surface area contributed by atoms with Crippen LogP contribution in [0.1, 0.15) is 19.0 Å². The predicted octanol–water partition coefficient (Wildman–Crippen LogP) is 2.40. The van der Waals surface area contributed by atoms with Crippen molar-refractivity contribution in [3.05, 3.63) is 42.1 Å². The molecule has 2 N–H and O–H groups in total. The van der Waals surface area contributed by atoms with Crippen LogP contribution in [0, 0.1) is 5.92 Å². The van der Waals surface area contributed by atoms with Crippen molar-refractivity contribution >= 4 is 10.9 Å². The summed E-state index contributed by atoms with van der Waals surface area (Å²) in [6, 6.07) is 13.1. The van der Waals surface area contributed by atoms with Gasteiger partial charge in [-0.15, -0.1) is 0 Å². The van der Waals surface area contributed by atoms with E-state index < -0.39 is 0 Å². The Bertz CT molecular complexity index is 567. The monoisotopic (exact) mass is 255 g/mol. The molecule has 3 heteroatoms. The number of hydrogen-bond acceptors (Lipinski definition) is 3. The molecule has 0 aliphatic carbocycles. The highest BCUT2D eigenvalue weighted by Gasteiger charge is 2.29. The lowest BCUT2D eigenvalue weighted by Crippen LogP contribution is -2.38. The fourth-order valence-corrected chi connectivity index (χ4v) is 3.07. The van der Waals surface area contributed by atoms with Crippen LogP contribution in [0.4, 0.5) is 0 Å². The molecule has 1 saturated heterocycles. The second-order valence-corrected chi connectivity index (χ2v) is 5.53. The molecule has 3 rings (SSSR count). The maximum atomic E-state index is 5.90. The molecule has 1 fully saturated rings. The molecular weight excluding hydrogens is 234 g/mol. The van der Waals surface area contributed by atoms with E-state index in [4.69, 9.17) is 10.7 Å². The molecule has 19 heavy (non-hydrogen) atoms. The first-order valence-electron chi connectivity index (χ1n) is 7.06. The topological polar surface area (TPSA) is 42.2 Å². The average Bonchev–Trinajstić information content (AvgIpc) is 2.79. The number of likely N-dealkylation sites (tertiary alicyclic amines) is 1. The molecule has 0 spiro atoms. The summed E-state index contributed by atoms with van der Waals surface area (Å²) in [5.41, 5.74) is 8.12. The molecule has 2 unspecified atom stereocenters. The zero-order chi connectivity index (χ0) is 13.2. The van der Waals surface area contributed by atoms with Gasteiger partial charge in [0.05, 0.1) is 11.2 Å². The molecule has 1 aliphatic heterocycles. The van der Waals surface area contributed by atoms with Gasteiger partial charge in [-0.05, 0) is 31.0 Å². The van der Waals surface area contributed by atoms with Crippen molar-refractivity contribution in [3.63, 3.8) is 0 Å². The highest BCUT2D eigenvalue weighted by Crippen LogP contribution is 2.25. The van der Waals surface area contributed by atoms with E-state index in [2.05, 4.69) is 42.2 Å². The normalized spacial score (nSPS) is 24.1. The minimum absolute atomic E-state index is 0.508. The Hall–Kier alpha value is -1.45. The van der Waals surface area contributed by atoms with Crippen molar-refractivity contribution < 1.29 is 0 Å². The van der Waals surface area contributed by atoms with Crippen molar-refractivity contribution in [1.82, 2.24) is 9.88 Å².